The number of rotatable bonds is 4. The van der Waals surface area contributed by atoms with Crippen LogP contribution in [0.3, 0.4) is 0 Å². The molecule has 96 valence electrons. The first-order chi connectivity index (χ1) is 8.60. The second kappa shape index (κ2) is 4.94. The largest absolute Gasteiger partial charge is 0.347 e. The Bertz CT molecular complexity index is 596. The van der Waals surface area contributed by atoms with Crippen LogP contribution in [0.25, 0.3) is 10.9 Å². The van der Waals surface area contributed by atoms with Crippen molar-refractivity contribution in [3.05, 3.63) is 35.0 Å². The minimum absolute atomic E-state index is 0.161. The summed E-state index contributed by atoms with van der Waals surface area (Å²) in [5, 5.41) is 4.02. The SMILES string of the molecule is CCc1ccc2c(c1)c(C(=O)CNC)c(C)n2C. The normalized spacial score (nSPS) is 11.1. The Morgan fingerprint density at radius 3 is 2.72 bits per heavy atom. The Morgan fingerprint density at radius 2 is 2.11 bits per heavy atom. The second-order valence-electron chi connectivity index (χ2n) is 4.68. The fourth-order valence-electron chi connectivity index (χ4n) is 2.44. The highest BCUT2D eigenvalue weighted by atomic mass is 16.1. The predicted octanol–water partition coefficient (Wildman–Crippen LogP) is 2.45. The number of aromatic nitrogens is 1. The van der Waals surface area contributed by atoms with E-state index in [0.29, 0.717) is 6.54 Å². The summed E-state index contributed by atoms with van der Waals surface area (Å²) in [7, 11) is 3.81. The maximum Gasteiger partial charge on any atom is 0.179 e. The van der Waals surface area contributed by atoms with Crippen LogP contribution in [0.2, 0.25) is 0 Å². The second-order valence-corrected chi connectivity index (χ2v) is 4.68. The molecule has 3 nitrogen and oxygen atoms in total. The van der Waals surface area contributed by atoms with Crippen LogP contribution < -0.4 is 5.32 Å². The Morgan fingerprint density at radius 1 is 1.39 bits per heavy atom. The highest BCUT2D eigenvalue weighted by Gasteiger charge is 2.17. The molecule has 0 unspecified atom stereocenters. The lowest BCUT2D eigenvalue weighted by Gasteiger charge is -2.01. The number of carbonyl (C=O) groups is 1. The summed E-state index contributed by atoms with van der Waals surface area (Å²) >= 11 is 0. The molecule has 3 heteroatoms. The first kappa shape index (κ1) is 12.8. The van der Waals surface area contributed by atoms with Gasteiger partial charge in [0.15, 0.2) is 5.78 Å². The molecule has 0 aliphatic carbocycles. The van der Waals surface area contributed by atoms with Crippen molar-refractivity contribution in [3.8, 4) is 0 Å². The Labute approximate surface area is 108 Å². The quantitative estimate of drug-likeness (QED) is 0.838. The van der Waals surface area contributed by atoms with Gasteiger partial charge in [-0.1, -0.05) is 13.0 Å². The molecule has 1 aromatic carbocycles. The fourth-order valence-corrected chi connectivity index (χ4v) is 2.44. The van der Waals surface area contributed by atoms with Gasteiger partial charge >= 0.3 is 0 Å². The van der Waals surface area contributed by atoms with Crippen molar-refractivity contribution in [2.24, 2.45) is 7.05 Å². The summed E-state index contributed by atoms with van der Waals surface area (Å²) in [5.41, 5.74) is 4.30. The zero-order valence-electron chi connectivity index (χ0n) is 11.5. The molecule has 2 rings (SSSR count). The van der Waals surface area contributed by atoms with Crippen molar-refractivity contribution in [2.75, 3.05) is 13.6 Å². The van der Waals surface area contributed by atoms with Gasteiger partial charge in [-0.15, -0.1) is 0 Å². The minimum Gasteiger partial charge on any atom is -0.347 e. The van der Waals surface area contributed by atoms with Crippen molar-refractivity contribution in [1.82, 2.24) is 9.88 Å². The zero-order valence-corrected chi connectivity index (χ0v) is 11.5. The van der Waals surface area contributed by atoms with Crippen LogP contribution in [0, 0.1) is 6.92 Å². The van der Waals surface area contributed by atoms with Gasteiger partial charge in [-0.2, -0.15) is 0 Å². The number of nitrogens with one attached hydrogen (secondary N) is 1. The molecule has 18 heavy (non-hydrogen) atoms. The molecule has 0 bridgehead atoms. The lowest BCUT2D eigenvalue weighted by atomic mass is 10.0. The molecular weight excluding hydrogens is 224 g/mol. The van der Waals surface area contributed by atoms with Gasteiger partial charge in [0.2, 0.25) is 0 Å². The molecule has 0 amide bonds. The first-order valence-corrected chi connectivity index (χ1v) is 6.35. The molecule has 0 aliphatic heterocycles. The minimum atomic E-state index is 0.161. The van der Waals surface area contributed by atoms with Gasteiger partial charge < -0.3 is 9.88 Å². The Balaban J connectivity index is 2.70. The van der Waals surface area contributed by atoms with Gasteiger partial charge in [-0.3, -0.25) is 4.79 Å². The molecule has 1 N–H and O–H groups in total. The first-order valence-electron chi connectivity index (χ1n) is 6.35. The third kappa shape index (κ3) is 1.95. The number of nitrogens with zero attached hydrogens (tertiary/aromatic N) is 1. The molecular formula is C15H20N2O. The van der Waals surface area contributed by atoms with E-state index in [1.165, 1.54) is 5.56 Å². The number of benzene rings is 1. The molecule has 0 atom stereocenters. The van der Waals surface area contributed by atoms with Gasteiger partial charge in [0.25, 0.3) is 0 Å². The van der Waals surface area contributed by atoms with Crippen LogP contribution in [0.15, 0.2) is 18.2 Å². The average Bonchev–Trinajstić information content (AvgIpc) is 2.62. The fraction of sp³-hybridized carbons (Fsp3) is 0.400. The summed E-state index contributed by atoms with van der Waals surface area (Å²) < 4.78 is 2.09. The van der Waals surface area contributed by atoms with Crippen molar-refractivity contribution in [2.45, 2.75) is 20.3 Å². The van der Waals surface area contributed by atoms with Crippen LogP contribution in [-0.2, 0) is 13.5 Å². The number of fused-ring (bicyclic) bond motifs is 1. The lowest BCUT2D eigenvalue weighted by Crippen LogP contribution is -2.19. The van der Waals surface area contributed by atoms with Crippen LogP contribution in [0.1, 0.15) is 28.5 Å². The van der Waals surface area contributed by atoms with E-state index in [9.17, 15) is 4.79 Å². The Kier molecular flexibility index (Phi) is 3.53. The van der Waals surface area contributed by atoms with Crippen LogP contribution in [-0.4, -0.2) is 23.9 Å². The molecule has 0 saturated carbocycles. The third-order valence-corrected chi connectivity index (χ3v) is 3.58. The summed E-state index contributed by atoms with van der Waals surface area (Å²) in [6.45, 7) is 4.52. The number of Topliss-reactive ketones (excluding diaryl/α,β-unsaturated/α-hetero) is 1. The van der Waals surface area contributed by atoms with Crippen LogP contribution in [0.5, 0.6) is 0 Å². The molecule has 0 saturated heterocycles. The molecule has 1 aromatic heterocycles. The maximum absolute atomic E-state index is 12.2. The van der Waals surface area contributed by atoms with E-state index in [2.05, 4.69) is 35.0 Å². The molecule has 1 heterocycles. The van der Waals surface area contributed by atoms with E-state index in [1.54, 1.807) is 7.05 Å². The predicted molar refractivity (Wildman–Crippen MR) is 75.3 cm³/mol. The highest BCUT2D eigenvalue weighted by molar-refractivity contribution is 6.10. The summed E-state index contributed by atoms with van der Waals surface area (Å²) in [5.74, 6) is 0.161. The van der Waals surface area contributed by atoms with Gasteiger partial charge in [-0.25, -0.2) is 0 Å². The van der Waals surface area contributed by atoms with E-state index in [4.69, 9.17) is 0 Å². The van der Waals surface area contributed by atoms with Crippen LogP contribution >= 0.6 is 0 Å². The molecule has 0 fully saturated rings. The zero-order chi connectivity index (χ0) is 13.3. The molecule has 0 radical (unpaired) electrons. The number of aryl methyl sites for hydroxylation is 2. The van der Waals surface area contributed by atoms with Gasteiger partial charge in [-0.05, 0) is 38.1 Å². The summed E-state index contributed by atoms with van der Waals surface area (Å²) in [4.78, 5) is 12.2. The van der Waals surface area contributed by atoms with E-state index >= 15 is 0 Å². The monoisotopic (exact) mass is 244 g/mol. The van der Waals surface area contributed by atoms with Crippen molar-refractivity contribution in [1.29, 1.82) is 0 Å². The average molecular weight is 244 g/mol. The van der Waals surface area contributed by atoms with E-state index in [0.717, 1.165) is 28.6 Å². The number of ketones is 1. The standard InChI is InChI=1S/C15H20N2O/c1-5-11-6-7-13-12(8-11)15(10(2)17(13)4)14(18)9-16-3/h6-8,16H,5,9H2,1-4H3. The number of hydrogen-bond donors (Lipinski definition) is 1. The van der Waals surface area contributed by atoms with Crippen molar-refractivity contribution < 1.29 is 4.79 Å². The highest BCUT2D eigenvalue weighted by Crippen LogP contribution is 2.26. The number of hydrogen-bond acceptors (Lipinski definition) is 2. The van der Waals surface area contributed by atoms with Gasteiger partial charge in [0, 0.05) is 29.2 Å². The van der Waals surface area contributed by atoms with Crippen LogP contribution in [0.4, 0.5) is 0 Å². The maximum atomic E-state index is 12.2. The van der Waals surface area contributed by atoms with Crippen molar-refractivity contribution in [3.63, 3.8) is 0 Å². The summed E-state index contributed by atoms with van der Waals surface area (Å²) in [6, 6.07) is 6.39. The number of carbonyl (C=O) groups excluding carboxylic acids is 1. The van der Waals surface area contributed by atoms with E-state index in [-0.39, 0.29) is 5.78 Å². The van der Waals surface area contributed by atoms with Gasteiger partial charge in [0.1, 0.15) is 0 Å². The smallest absolute Gasteiger partial charge is 0.179 e. The van der Waals surface area contributed by atoms with E-state index < -0.39 is 0 Å². The lowest BCUT2D eigenvalue weighted by molar-refractivity contribution is 0.0994. The topological polar surface area (TPSA) is 34.0 Å². The van der Waals surface area contributed by atoms with Crippen molar-refractivity contribution >= 4 is 16.7 Å². The van der Waals surface area contributed by atoms with E-state index in [1.807, 2.05) is 14.0 Å². The number of likely N-dealkylation sites (N-methyl/N-ethyl adjacent to an activating group) is 1. The summed E-state index contributed by atoms with van der Waals surface area (Å²) in [6.07, 6.45) is 0.990. The molecule has 2 aromatic rings. The third-order valence-electron chi connectivity index (χ3n) is 3.58. The van der Waals surface area contributed by atoms with Gasteiger partial charge in [0.05, 0.1) is 6.54 Å². The Hall–Kier alpha value is -1.61. The molecule has 0 aliphatic rings. The molecule has 0 spiro atoms.